The normalized spacial score (nSPS) is 23.4. The summed E-state index contributed by atoms with van der Waals surface area (Å²) < 4.78 is 0. The van der Waals surface area contributed by atoms with Crippen molar-refractivity contribution in [2.45, 2.75) is 12.0 Å². The molecule has 2 unspecified atom stereocenters. The van der Waals surface area contributed by atoms with E-state index < -0.39 is 0 Å². The molecule has 0 N–H and O–H groups in total. The molecule has 0 aromatic heterocycles. The topological polar surface area (TPSA) is 6.48 Å². The van der Waals surface area contributed by atoms with Crippen molar-refractivity contribution in [2.75, 3.05) is 33.2 Å². The molecule has 2 aliphatic rings. The molecular weight excluding hydrogens is 363 g/mol. The highest BCUT2D eigenvalue weighted by molar-refractivity contribution is 6.30. The van der Waals surface area contributed by atoms with E-state index in [1.807, 2.05) is 6.07 Å². The van der Waals surface area contributed by atoms with Gasteiger partial charge in [0.25, 0.3) is 0 Å². The van der Waals surface area contributed by atoms with Gasteiger partial charge >= 0.3 is 0 Å². The molecule has 2 aromatic carbocycles. The fourth-order valence-corrected chi connectivity index (χ4v) is 4.14. The van der Waals surface area contributed by atoms with Gasteiger partial charge in [-0.3, -0.25) is 4.90 Å². The molecule has 1 saturated heterocycles. The number of benzene rings is 2. The van der Waals surface area contributed by atoms with Crippen molar-refractivity contribution in [3.63, 3.8) is 0 Å². The molecule has 24 heavy (non-hydrogen) atoms. The van der Waals surface area contributed by atoms with Crippen LogP contribution in [0.4, 0.5) is 0 Å². The zero-order valence-electron chi connectivity index (χ0n) is 13.7. The van der Waals surface area contributed by atoms with Crippen molar-refractivity contribution < 1.29 is 0 Å². The van der Waals surface area contributed by atoms with Gasteiger partial charge in [0.15, 0.2) is 0 Å². The molecule has 2 nitrogen and oxygen atoms in total. The van der Waals surface area contributed by atoms with Crippen LogP contribution < -0.4 is 0 Å². The number of fused-ring (bicyclic) bond motifs is 3. The highest BCUT2D eigenvalue weighted by Crippen LogP contribution is 2.40. The fraction of sp³-hybridized carbons (Fsp3) is 0.368. The Bertz CT molecular complexity index is 692. The zero-order valence-corrected chi connectivity index (χ0v) is 16.1. The van der Waals surface area contributed by atoms with Gasteiger partial charge in [-0.2, -0.15) is 0 Å². The SMILES string of the molecule is CN1CCN2CC(c3cccc(Cl)c3)c3ccccc3C2C1.Cl.Cl. The van der Waals surface area contributed by atoms with Crippen LogP contribution >= 0.6 is 36.4 Å². The first kappa shape index (κ1) is 19.6. The van der Waals surface area contributed by atoms with Crippen LogP contribution in [0, 0.1) is 0 Å². The summed E-state index contributed by atoms with van der Waals surface area (Å²) in [4.78, 5) is 5.09. The van der Waals surface area contributed by atoms with E-state index >= 15 is 0 Å². The van der Waals surface area contributed by atoms with Crippen LogP contribution in [0.25, 0.3) is 0 Å². The second-order valence-electron chi connectivity index (χ2n) is 6.51. The average molecular weight is 386 g/mol. The minimum atomic E-state index is 0. The maximum absolute atomic E-state index is 6.23. The first-order chi connectivity index (χ1) is 10.7. The van der Waals surface area contributed by atoms with Crippen molar-refractivity contribution in [1.82, 2.24) is 9.80 Å². The van der Waals surface area contributed by atoms with Crippen molar-refractivity contribution >= 4 is 36.4 Å². The van der Waals surface area contributed by atoms with E-state index in [4.69, 9.17) is 11.6 Å². The monoisotopic (exact) mass is 384 g/mol. The van der Waals surface area contributed by atoms with E-state index in [0.717, 1.165) is 31.2 Å². The number of hydrogen-bond acceptors (Lipinski definition) is 2. The van der Waals surface area contributed by atoms with Gasteiger partial charge < -0.3 is 4.90 Å². The summed E-state index contributed by atoms with van der Waals surface area (Å²) >= 11 is 6.23. The molecule has 5 heteroatoms. The highest BCUT2D eigenvalue weighted by atomic mass is 35.5. The van der Waals surface area contributed by atoms with Crippen LogP contribution in [-0.4, -0.2) is 43.0 Å². The molecule has 2 heterocycles. The van der Waals surface area contributed by atoms with Crippen LogP contribution in [0.1, 0.15) is 28.7 Å². The number of nitrogens with zero attached hydrogens (tertiary/aromatic N) is 2. The van der Waals surface area contributed by atoms with Gasteiger partial charge in [0.05, 0.1) is 0 Å². The summed E-state index contributed by atoms with van der Waals surface area (Å²) in [6.45, 7) is 4.52. The largest absolute Gasteiger partial charge is 0.303 e. The molecule has 0 bridgehead atoms. The zero-order chi connectivity index (χ0) is 15.1. The van der Waals surface area contributed by atoms with Gasteiger partial charge in [-0.15, -0.1) is 24.8 Å². The summed E-state index contributed by atoms with van der Waals surface area (Å²) in [5, 5.41) is 0.829. The number of halogens is 3. The Kier molecular flexibility index (Phi) is 6.58. The Hall–Kier alpha value is -0.770. The average Bonchev–Trinajstić information content (AvgIpc) is 2.54. The third-order valence-electron chi connectivity index (χ3n) is 5.09. The second-order valence-corrected chi connectivity index (χ2v) is 6.95. The lowest BCUT2D eigenvalue weighted by molar-refractivity contribution is 0.0772. The van der Waals surface area contributed by atoms with Gasteiger partial charge in [-0.1, -0.05) is 48.0 Å². The van der Waals surface area contributed by atoms with Crippen LogP contribution in [0.2, 0.25) is 5.02 Å². The van der Waals surface area contributed by atoms with E-state index in [1.54, 1.807) is 0 Å². The van der Waals surface area contributed by atoms with Gasteiger partial charge in [0, 0.05) is 43.2 Å². The molecule has 0 spiro atoms. The lowest BCUT2D eigenvalue weighted by atomic mass is 9.80. The molecule has 0 saturated carbocycles. The summed E-state index contributed by atoms with van der Waals surface area (Å²) in [5.41, 5.74) is 4.30. The fourth-order valence-electron chi connectivity index (χ4n) is 3.94. The molecule has 1 fully saturated rings. The Morgan fingerprint density at radius 2 is 1.67 bits per heavy atom. The molecule has 130 valence electrons. The first-order valence-corrected chi connectivity index (χ1v) is 8.37. The third kappa shape index (κ3) is 3.58. The smallest absolute Gasteiger partial charge is 0.0478 e. The number of likely N-dealkylation sites (N-methyl/N-ethyl adjacent to an activating group) is 1. The van der Waals surface area contributed by atoms with Crippen molar-refractivity contribution in [3.05, 3.63) is 70.2 Å². The molecule has 2 aliphatic heterocycles. The highest BCUT2D eigenvalue weighted by Gasteiger charge is 2.36. The van der Waals surface area contributed by atoms with Crippen LogP contribution in [0.5, 0.6) is 0 Å². The summed E-state index contributed by atoms with van der Waals surface area (Å²) in [6.07, 6.45) is 0. The lowest BCUT2D eigenvalue weighted by Crippen LogP contribution is -2.50. The van der Waals surface area contributed by atoms with E-state index in [-0.39, 0.29) is 24.8 Å². The Balaban J connectivity index is 0.00000104. The van der Waals surface area contributed by atoms with Crippen molar-refractivity contribution in [3.8, 4) is 0 Å². The van der Waals surface area contributed by atoms with Gasteiger partial charge in [-0.05, 0) is 35.9 Å². The van der Waals surface area contributed by atoms with Crippen molar-refractivity contribution in [1.29, 1.82) is 0 Å². The molecule has 0 radical (unpaired) electrons. The van der Waals surface area contributed by atoms with Gasteiger partial charge in [-0.25, -0.2) is 0 Å². The second kappa shape index (κ2) is 8.07. The minimum absolute atomic E-state index is 0. The summed E-state index contributed by atoms with van der Waals surface area (Å²) in [6, 6.07) is 17.8. The number of piperazine rings is 1. The molecule has 0 aliphatic carbocycles. The number of rotatable bonds is 1. The summed E-state index contributed by atoms with van der Waals surface area (Å²) in [5.74, 6) is 0.426. The maximum atomic E-state index is 6.23. The third-order valence-corrected chi connectivity index (χ3v) is 5.33. The van der Waals surface area contributed by atoms with Gasteiger partial charge in [0.2, 0.25) is 0 Å². The quantitative estimate of drug-likeness (QED) is 0.707. The Morgan fingerprint density at radius 3 is 2.42 bits per heavy atom. The minimum Gasteiger partial charge on any atom is -0.303 e. The number of hydrogen-bond donors (Lipinski definition) is 0. The maximum Gasteiger partial charge on any atom is 0.0478 e. The predicted molar refractivity (Wildman–Crippen MR) is 106 cm³/mol. The lowest BCUT2D eigenvalue weighted by Gasteiger charge is -2.46. The summed E-state index contributed by atoms with van der Waals surface area (Å²) in [7, 11) is 2.23. The Labute approximate surface area is 161 Å². The molecule has 2 atom stereocenters. The molecule has 0 amide bonds. The van der Waals surface area contributed by atoms with Gasteiger partial charge in [0.1, 0.15) is 0 Å². The standard InChI is InChI=1S/C19H21ClN2.2ClH/c1-21-9-10-22-12-18(14-5-4-6-15(20)11-14)16-7-2-3-8-17(16)19(22)13-21;;/h2-8,11,18-19H,9-10,12-13H2,1H3;2*1H. The Morgan fingerprint density at radius 1 is 0.917 bits per heavy atom. The molecule has 2 aromatic rings. The van der Waals surface area contributed by atoms with Crippen LogP contribution in [-0.2, 0) is 0 Å². The van der Waals surface area contributed by atoms with E-state index in [2.05, 4.69) is 59.3 Å². The first-order valence-electron chi connectivity index (χ1n) is 7.99. The van der Waals surface area contributed by atoms with E-state index in [1.165, 1.54) is 16.7 Å². The van der Waals surface area contributed by atoms with Crippen LogP contribution in [0.3, 0.4) is 0 Å². The molecule has 4 rings (SSSR count). The predicted octanol–water partition coefficient (Wildman–Crippen LogP) is 4.62. The van der Waals surface area contributed by atoms with E-state index in [0.29, 0.717) is 12.0 Å². The van der Waals surface area contributed by atoms with Crippen LogP contribution in [0.15, 0.2) is 48.5 Å². The molecular formula is C19H23Cl3N2. The van der Waals surface area contributed by atoms with E-state index in [9.17, 15) is 0 Å². The van der Waals surface area contributed by atoms with Crippen molar-refractivity contribution in [2.24, 2.45) is 0 Å².